The molecule has 0 fully saturated rings. The zero-order valence-corrected chi connectivity index (χ0v) is 8.59. The Morgan fingerprint density at radius 1 is 1.53 bits per heavy atom. The highest BCUT2D eigenvalue weighted by Gasteiger charge is 2.33. The molecule has 1 heterocycles. The number of aromatic amines is 1. The third kappa shape index (κ3) is 3.41. The first-order valence-electron chi connectivity index (χ1n) is 4.30. The van der Waals surface area contributed by atoms with Crippen molar-refractivity contribution < 1.29 is 22.6 Å². The minimum absolute atomic E-state index is 0.110. The van der Waals surface area contributed by atoms with Crippen molar-refractivity contribution in [3.05, 3.63) is 22.0 Å². The van der Waals surface area contributed by atoms with Crippen LogP contribution in [0.15, 0.2) is 10.9 Å². The third-order valence-corrected chi connectivity index (χ3v) is 1.76. The normalized spacial score (nSPS) is 10.8. The number of nitrogens with zero attached hydrogens (tertiary/aromatic N) is 1. The Bertz CT molecular complexity index is 502. The number of nitrogens with one attached hydrogen (secondary N) is 1. The molecule has 92 valence electrons. The van der Waals surface area contributed by atoms with Crippen LogP contribution in [-0.4, -0.2) is 18.5 Å². The first kappa shape index (κ1) is 12.9. The summed E-state index contributed by atoms with van der Waals surface area (Å²) in [6, 6.07) is 2.69. The molecule has 5 nitrogen and oxygen atoms in total. The number of H-pyrrole nitrogens is 1. The number of methoxy groups -OCH3 is 1. The monoisotopic (exact) mass is 248 g/mol. The van der Waals surface area contributed by atoms with E-state index in [2.05, 4.69) is 9.47 Å². The van der Waals surface area contributed by atoms with Gasteiger partial charge in [-0.1, -0.05) is 0 Å². The molecule has 1 aromatic rings. The fourth-order valence-electron chi connectivity index (χ4n) is 1.11. The van der Waals surface area contributed by atoms with Crippen LogP contribution in [0.1, 0.15) is 5.56 Å². The maximum atomic E-state index is 12.0. The maximum Gasteiger partial charge on any atom is 0.574 e. The van der Waals surface area contributed by atoms with Gasteiger partial charge in [0, 0.05) is 5.56 Å². The molecule has 0 amide bonds. The third-order valence-electron chi connectivity index (χ3n) is 1.76. The standard InChI is InChI=1S/C9H7F3N2O3/c1-16-6-4-5(2-3-13)8(14-7(6)15)17-9(10,11)12/h4H,2H2,1H3,(H,14,15). The van der Waals surface area contributed by atoms with Crippen molar-refractivity contribution in [1.29, 1.82) is 5.26 Å². The van der Waals surface area contributed by atoms with E-state index >= 15 is 0 Å². The molecule has 0 unspecified atom stereocenters. The van der Waals surface area contributed by atoms with Crippen LogP contribution >= 0.6 is 0 Å². The average molecular weight is 248 g/mol. The van der Waals surface area contributed by atoms with Gasteiger partial charge >= 0.3 is 6.36 Å². The lowest BCUT2D eigenvalue weighted by Crippen LogP contribution is -2.22. The fraction of sp³-hybridized carbons (Fsp3) is 0.333. The lowest BCUT2D eigenvalue weighted by Gasteiger charge is -2.12. The van der Waals surface area contributed by atoms with E-state index < -0.39 is 17.8 Å². The minimum atomic E-state index is -4.94. The molecular formula is C9H7F3N2O3. The topological polar surface area (TPSA) is 75.1 Å². The van der Waals surface area contributed by atoms with Gasteiger partial charge in [-0.3, -0.25) is 9.78 Å². The molecule has 0 radical (unpaired) electrons. The summed E-state index contributed by atoms with van der Waals surface area (Å²) in [5.74, 6) is -0.991. The first-order valence-corrected chi connectivity index (χ1v) is 4.30. The van der Waals surface area contributed by atoms with Gasteiger partial charge < -0.3 is 9.47 Å². The molecule has 0 aromatic carbocycles. The van der Waals surface area contributed by atoms with E-state index in [1.165, 1.54) is 7.11 Å². The van der Waals surface area contributed by atoms with Gasteiger partial charge in [-0.2, -0.15) is 5.26 Å². The Kier molecular flexibility index (Phi) is 3.62. The van der Waals surface area contributed by atoms with Gasteiger partial charge in [-0.15, -0.1) is 13.2 Å². The predicted molar refractivity (Wildman–Crippen MR) is 49.6 cm³/mol. The van der Waals surface area contributed by atoms with Crippen LogP contribution < -0.4 is 15.0 Å². The van der Waals surface area contributed by atoms with Crippen molar-refractivity contribution >= 4 is 0 Å². The first-order chi connectivity index (χ1) is 7.87. The van der Waals surface area contributed by atoms with Crippen molar-refractivity contribution in [3.63, 3.8) is 0 Å². The van der Waals surface area contributed by atoms with Crippen LogP contribution in [0.5, 0.6) is 11.6 Å². The highest BCUT2D eigenvalue weighted by molar-refractivity contribution is 5.35. The summed E-state index contributed by atoms with van der Waals surface area (Å²) >= 11 is 0. The molecular weight excluding hydrogens is 241 g/mol. The molecule has 17 heavy (non-hydrogen) atoms. The van der Waals surface area contributed by atoms with Crippen molar-refractivity contribution in [1.82, 2.24) is 4.98 Å². The second-order valence-electron chi connectivity index (χ2n) is 2.90. The summed E-state index contributed by atoms with van der Waals surface area (Å²) in [5.41, 5.74) is -0.977. The number of alkyl halides is 3. The maximum absolute atomic E-state index is 12.0. The number of nitriles is 1. The van der Waals surface area contributed by atoms with Gasteiger partial charge in [0.2, 0.25) is 5.88 Å². The van der Waals surface area contributed by atoms with E-state index in [0.717, 1.165) is 6.07 Å². The van der Waals surface area contributed by atoms with Gasteiger partial charge in [-0.25, -0.2) is 0 Å². The molecule has 1 aromatic heterocycles. The Morgan fingerprint density at radius 3 is 2.65 bits per heavy atom. The average Bonchev–Trinajstić information content (AvgIpc) is 2.20. The van der Waals surface area contributed by atoms with E-state index in [0.29, 0.717) is 0 Å². The van der Waals surface area contributed by atoms with Gasteiger partial charge in [0.1, 0.15) is 0 Å². The lowest BCUT2D eigenvalue weighted by molar-refractivity contribution is -0.276. The van der Waals surface area contributed by atoms with E-state index in [9.17, 15) is 18.0 Å². The Balaban J connectivity index is 3.24. The minimum Gasteiger partial charge on any atom is -0.491 e. The van der Waals surface area contributed by atoms with Crippen molar-refractivity contribution in [2.24, 2.45) is 0 Å². The number of hydrogen-bond donors (Lipinski definition) is 1. The van der Waals surface area contributed by atoms with Crippen molar-refractivity contribution in [2.45, 2.75) is 12.8 Å². The number of rotatable bonds is 3. The molecule has 0 saturated carbocycles. The number of aromatic nitrogens is 1. The largest absolute Gasteiger partial charge is 0.574 e. The highest BCUT2D eigenvalue weighted by atomic mass is 19.4. The predicted octanol–water partition coefficient (Wildman–Crippen LogP) is 1.35. The second-order valence-corrected chi connectivity index (χ2v) is 2.90. The summed E-state index contributed by atoms with van der Waals surface area (Å²) in [6.45, 7) is 0. The van der Waals surface area contributed by atoms with Gasteiger partial charge in [0.05, 0.1) is 19.6 Å². The van der Waals surface area contributed by atoms with Crippen LogP contribution in [0.25, 0.3) is 0 Å². The summed E-state index contributed by atoms with van der Waals surface area (Å²) in [5, 5.41) is 8.46. The molecule has 1 rings (SSSR count). The highest BCUT2D eigenvalue weighted by Crippen LogP contribution is 2.25. The molecule has 0 atom stereocenters. The number of pyridine rings is 1. The molecule has 1 N–H and O–H groups in total. The Labute approximate surface area is 93.4 Å². The summed E-state index contributed by atoms with van der Waals surface area (Å²) in [7, 11) is 1.19. The van der Waals surface area contributed by atoms with E-state index in [1.807, 2.05) is 4.98 Å². The van der Waals surface area contributed by atoms with Crippen molar-refractivity contribution in [3.8, 4) is 17.7 Å². The van der Waals surface area contributed by atoms with Crippen LogP contribution in [0.4, 0.5) is 13.2 Å². The molecule has 0 saturated heterocycles. The summed E-state index contributed by atoms with van der Waals surface area (Å²) in [6.07, 6.45) is -5.29. The molecule has 0 aliphatic heterocycles. The second kappa shape index (κ2) is 4.78. The van der Waals surface area contributed by atoms with Gasteiger partial charge in [0.15, 0.2) is 5.75 Å². The van der Waals surface area contributed by atoms with Crippen LogP contribution in [0, 0.1) is 11.3 Å². The van der Waals surface area contributed by atoms with Gasteiger partial charge in [0.25, 0.3) is 5.56 Å². The number of ether oxygens (including phenoxy) is 2. The molecule has 0 spiro atoms. The molecule has 0 aliphatic rings. The quantitative estimate of drug-likeness (QED) is 0.875. The molecule has 0 aliphatic carbocycles. The molecule has 8 heteroatoms. The van der Waals surface area contributed by atoms with Crippen LogP contribution in [-0.2, 0) is 6.42 Å². The van der Waals surface area contributed by atoms with E-state index in [4.69, 9.17) is 5.26 Å². The SMILES string of the molecule is COc1cc(CC#N)c(OC(F)(F)F)[nH]c1=O. The fourth-order valence-corrected chi connectivity index (χ4v) is 1.11. The lowest BCUT2D eigenvalue weighted by atomic mass is 10.2. The van der Waals surface area contributed by atoms with E-state index in [-0.39, 0.29) is 17.7 Å². The van der Waals surface area contributed by atoms with E-state index in [1.54, 1.807) is 6.07 Å². The zero-order valence-electron chi connectivity index (χ0n) is 8.59. The molecule has 0 bridgehead atoms. The smallest absolute Gasteiger partial charge is 0.491 e. The Hall–Kier alpha value is -2.17. The van der Waals surface area contributed by atoms with Crippen LogP contribution in [0.2, 0.25) is 0 Å². The number of hydrogen-bond acceptors (Lipinski definition) is 4. The summed E-state index contributed by atoms with van der Waals surface area (Å²) in [4.78, 5) is 13.1. The number of halogens is 3. The van der Waals surface area contributed by atoms with Gasteiger partial charge in [-0.05, 0) is 6.07 Å². The Morgan fingerprint density at radius 2 is 2.18 bits per heavy atom. The summed E-state index contributed by atoms with van der Waals surface area (Å²) < 4.78 is 44.3. The van der Waals surface area contributed by atoms with Crippen molar-refractivity contribution in [2.75, 3.05) is 7.11 Å². The van der Waals surface area contributed by atoms with Crippen LogP contribution in [0.3, 0.4) is 0 Å². The zero-order chi connectivity index (χ0) is 13.1.